The van der Waals surface area contributed by atoms with Gasteiger partial charge in [0.05, 0.1) is 5.25 Å². The molecule has 1 unspecified atom stereocenters. The molecule has 2 heteroatoms. The van der Waals surface area contributed by atoms with Gasteiger partial charge in [0.25, 0.3) is 0 Å². The van der Waals surface area contributed by atoms with Crippen molar-refractivity contribution in [3.8, 4) is 0 Å². The smallest absolute Gasteiger partial charge is 0.133 e. The normalized spacial score (nSPS) is 13.2. The predicted molar refractivity (Wildman–Crippen MR) is 61.3 cm³/mol. The molecule has 0 aliphatic rings. The van der Waals surface area contributed by atoms with Crippen LogP contribution in [0.3, 0.4) is 0 Å². The maximum atomic E-state index is 10.6. The summed E-state index contributed by atoms with van der Waals surface area (Å²) in [5.41, 5.74) is 0. The van der Waals surface area contributed by atoms with Gasteiger partial charge in [0.1, 0.15) is 6.29 Å². The molecule has 0 spiro atoms. The van der Waals surface area contributed by atoms with Crippen LogP contribution < -0.4 is 0 Å². The molecule has 0 heterocycles. The zero-order chi connectivity index (χ0) is 10.1. The maximum Gasteiger partial charge on any atom is 0.133 e. The Morgan fingerprint density at radius 1 is 1.23 bits per heavy atom. The molecule has 1 nitrogen and oxygen atoms in total. The second-order valence-electron chi connectivity index (χ2n) is 3.78. The van der Waals surface area contributed by atoms with Gasteiger partial charge >= 0.3 is 0 Å². The van der Waals surface area contributed by atoms with Gasteiger partial charge in [-0.1, -0.05) is 40.0 Å². The van der Waals surface area contributed by atoms with Crippen LogP contribution in [0, 0.1) is 5.92 Å². The Balaban J connectivity index is 3.33. The van der Waals surface area contributed by atoms with Crippen LogP contribution in [0.25, 0.3) is 0 Å². The highest BCUT2D eigenvalue weighted by Crippen LogP contribution is 2.19. The third kappa shape index (κ3) is 7.12. The van der Waals surface area contributed by atoms with Gasteiger partial charge in [-0.15, -0.1) is 0 Å². The third-order valence-corrected chi connectivity index (χ3v) is 3.66. The minimum Gasteiger partial charge on any atom is -0.302 e. The van der Waals surface area contributed by atoms with Crippen molar-refractivity contribution >= 4 is 18.0 Å². The minimum absolute atomic E-state index is 0.210. The van der Waals surface area contributed by atoms with Crippen LogP contribution in [-0.2, 0) is 4.79 Å². The van der Waals surface area contributed by atoms with E-state index in [1.54, 1.807) is 0 Å². The number of rotatable bonds is 8. The minimum atomic E-state index is 0.210. The fourth-order valence-corrected chi connectivity index (χ4v) is 2.24. The van der Waals surface area contributed by atoms with Gasteiger partial charge in [-0.05, 0) is 18.1 Å². The standard InChI is InChI=1S/C11H22OS/c1-4-5-6-7-8-13-11(9-12)10(2)3/h9-11H,4-8H2,1-3H3. The molecule has 0 fully saturated rings. The molecule has 78 valence electrons. The first-order valence-corrected chi connectivity index (χ1v) is 6.34. The molecule has 0 amide bonds. The highest BCUT2D eigenvalue weighted by Gasteiger charge is 2.11. The summed E-state index contributed by atoms with van der Waals surface area (Å²) in [7, 11) is 0. The first kappa shape index (κ1) is 13.0. The maximum absolute atomic E-state index is 10.6. The van der Waals surface area contributed by atoms with Crippen molar-refractivity contribution in [1.29, 1.82) is 0 Å². The van der Waals surface area contributed by atoms with E-state index in [0.717, 1.165) is 12.0 Å². The topological polar surface area (TPSA) is 17.1 Å². The molecular weight excluding hydrogens is 180 g/mol. The molecule has 0 aromatic heterocycles. The molecule has 0 rings (SSSR count). The molecule has 0 saturated carbocycles. The Bertz CT molecular complexity index is 123. The van der Waals surface area contributed by atoms with Gasteiger partial charge in [-0.3, -0.25) is 0 Å². The average Bonchev–Trinajstić information content (AvgIpc) is 2.10. The first-order chi connectivity index (χ1) is 6.22. The van der Waals surface area contributed by atoms with E-state index in [1.807, 2.05) is 11.8 Å². The molecular formula is C11H22OS. The summed E-state index contributed by atoms with van der Waals surface area (Å²) >= 11 is 1.81. The summed E-state index contributed by atoms with van der Waals surface area (Å²) in [6.07, 6.45) is 6.28. The van der Waals surface area contributed by atoms with Gasteiger partial charge in [-0.25, -0.2) is 0 Å². The number of hydrogen-bond donors (Lipinski definition) is 0. The van der Waals surface area contributed by atoms with Gasteiger partial charge in [0, 0.05) is 0 Å². The molecule has 0 aliphatic carbocycles. The van der Waals surface area contributed by atoms with Crippen molar-refractivity contribution in [3.05, 3.63) is 0 Å². The Hall–Kier alpha value is 0.0200. The Kier molecular flexibility index (Phi) is 8.62. The molecule has 0 aliphatic heterocycles. The van der Waals surface area contributed by atoms with Crippen LogP contribution in [-0.4, -0.2) is 17.3 Å². The zero-order valence-corrected chi connectivity index (χ0v) is 9.90. The van der Waals surface area contributed by atoms with Gasteiger partial charge < -0.3 is 4.79 Å². The molecule has 0 radical (unpaired) electrons. The van der Waals surface area contributed by atoms with Crippen LogP contribution in [0.5, 0.6) is 0 Å². The number of carbonyl (C=O) groups excluding carboxylic acids is 1. The van der Waals surface area contributed by atoms with Crippen molar-refractivity contribution in [2.24, 2.45) is 5.92 Å². The quantitative estimate of drug-likeness (QED) is 0.442. The molecule has 13 heavy (non-hydrogen) atoms. The van der Waals surface area contributed by atoms with Crippen molar-refractivity contribution in [2.45, 2.75) is 51.7 Å². The Morgan fingerprint density at radius 3 is 2.38 bits per heavy atom. The lowest BCUT2D eigenvalue weighted by molar-refractivity contribution is -0.107. The first-order valence-electron chi connectivity index (χ1n) is 5.29. The van der Waals surface area contributed by atoms with Crippen molar-refractivity contribution in [1.82, 2.24) is 0 Å². The second-order valence-corrected chi connectivity index (χ2v) is 5.06. The van der Waals surface area contributed by atoms with E-state index >= 15 is 0 Å². The molecule has 0 aromatic rings. The summed E-state index contributed by atoms with van der Waals surface area (Å²) in [4.78, 5) is 10.6. The number of unbranched alkanes of at least 4 members (excludes halogenated alkanes) is 3. The molecule has 0 saturated heterocycles. The number of carbonyl (C=O) groups is 1. The summed E-state index contributed by atoms with van der Waals surface area (Å²) < 4.78 is 0. The van der Waals surface area contributed by atoms with E-state index in [0.29, 0.717) is 5.92 Å². The monoisotopic (exact) mass is 202 g/mol. The van der Waals surface area contributed by atoms with Gasteiger partial charge in [0.15, 0.2) is 0 Å². The van der Waals surface area contributed by atoms with Crippen molar-refractivity contribution < 1.29 is 4.79 Å². The molecule has 0 aromatic carbocycles. The second kappa shape index (κ2) is 8.61. The van der Waals surface area contributed by atoms with Gasteiger partial charge in [-0.2, -0.15) is 11.8 Å². The van der Waals surface area contributed by atoms with E-state index in [9.17, 15) is 4.79 Å². The Morgan fingerprint density at radius 2 is 1.92 bits per heavy atom. The van der Waals surface area contributed by atoms with E-state index in [-0.39, 0.29) is 5.25 Å². The van der Waals surface area contributed by atoms with E-state index in [2.05, 4.69) is 20.8 Å². The van der Waals surface area contributed by atoms with E-state index in [1.165, 1.54) is 25.7 Å². The van der Waals surface area contributed by atoms with Crippen LogP contribution in [0.4, 0.5) is 0 Å². The summed E-state index contributed by atoms with van der Waals surface area (Å²) in [6.45, 7) is 6.44. The fraction of sp³-hybridized carbons (Fsp3) is 0.909. The SMILES string of the molecule is CCCCCCSC(C=O)C(C)C. The molecule has 0 N–H and O–H groups in total. The van der Waals surface area contributed by atoms with E-state index in [4.69, 9.17) is 0 Å². The van der Waals surface area contributed by atoms with Crippen LogP contribution in [0.1, 0.15) is 46.5 Å². The fourth-order valence-electron chi connectivity index (χ4n) is 1.14. The van der Waals surface area contributed by atoms with E-state index < -0.39 is 0 Å². The van der Waals surface area contributed by atoms with Crippen molar-refractivity contribution in [3.63, 3.8) is 0 Å². The zero-order valence-electron chi connectivity index (χ0n) is 9.08. The summed E-state index contributed by atoms with van der Waals surface area (Å²) in [6, 6.07) is 0. The number of hydrogen-bond acceptors (Lipinski definition) is 2. The molecule has 0 bridgehead atoms. The number of aldehydes is 1. The lowest BCUT2D eigenvalue weighted by Crippen LogP contribution is -2.13. The average molecular weight is 202 g/mol. The third-order valence-electron chi connectivity index (χ3n) is 2.10. The highest BCUT2D eigenvalue weighted by molar-refractivity contribution is 8.00. The largest absolute Gasteiger partial charge is 0.302 e. The van der Waals surface area contributed by atoms with Crippen LogP contribution in [0.15, 0.2) is 0 Å². The summed E-state index contributed by atoms with van der Waals surface area (Å²) in [5, 5.41) is 0.210. The predicted octanol–water partition coefficient (Wildman–Crippen LogP) is 3.52. The number of thioether (sulfide) groups is 1. The Labute approximate surface area is 86.7 Å². The van der Waals surface area contributed by atoms with Gasteiger partial charge in [0.2, 0.25) is 0 Å². The van der Waals surface area contributed by atoms with Crippen LogP contribution in [0.2, 0.25) is 0 Å². The molecule has 1 atom stereocenters. The van der Waals surface area contributed by atoms with Crippen LogP contribution >= 0.6 is 11.8 Å². The lowest BCUT2D eigenvalue weighted by atomic mass is 10.1. The van der Waals surface area contributed by atoms with Crippen molar-refractivity contribution in [2.75, 3.05) is 5.75 Å². The summed E-state index contributed by atoms with van der Waals surface area (Å²) in [5.74, 6) is 1.62. The lowest BCUT2D eigenvalue weighted by Gasteiger charge is -2.12. The highest BCUT2D eigenvalue weighted by atomic mass is 32.2.